The number of anilines is 1. The smallest absolute Gasteiger partial charge is 0.337 e. The number of primary sulfonamides is 1. The van der Waals surface area contributed by atoms with Crippen molar-refractivity contribution in [3.05, 3.63) is 58.1 Å². The largest absolute Gasteiger partial charge is 0.490 e. The SMILES string of the molecule is COC(=O)c1ccc2c(c1)N(C[C@@H]1CC[C@H]1[C@@H](OC)[C@H]1CCC[C@H](S(N)(=O)=O)C1)C[C@@]1(CCCc3cc(Cl)ccc31)CO2. The van der Waals surface area contributed by atoms with E-state index < -0.39 is 15.3 Å². The van der Waals surface area contributed by atoms with Gasteiger partial charge in [-0.05, 0) is 111 Å². The van der Waals surface area contributed by atoms with Gasteiger partial charge in [0.15, 0.2) is 0 Å². The zero-order chi connectivity index (χ0) is 30.4. The summed E-state index contributed by atoms with van der Waals surface area (Å²) in [6, 6.07) is 11.8. The van der Waals surface area contributed by atoms with Gasteiger partial charge in [0.1, 0.15) is 5.75 Å². The van der Waals surface area contributed by atoms with Crippen LogP contribution in [0.4, 0.5) is 5.69 Å². The third kappa shape index (κ3) is 6.02. The zero-order valence-corrected chi connectivity index (χ0v) is 26.7. The molecular weight excluding hydrogens is 588 g/mol. The molecule has 1 spiro atoms. The van der Waals surface area contributed by atoms with Crippen LogP contribution in [-0.4, -0.2) is 59.7 Å². The number of carbonyl (C=O) groups excluding carboxylic acids is 1. The van der Waals surface area contributed by atoms with Crippen molar-refractivity contribution in [3.63, 3.8) is 0 Å². The minimum Gasteiger partial charge on any atom is -0.490 e. The van der Waals surface area contributed by atoms with Crippen LogP contribution in [0.5, 0.6) is 5.75 Å². The van der Waals surface area contributed by atoms with Crippen molar-refractivity contribution in [3.8, 4) is 5.75 Å². The van der Waals surface area contributed by atoms with Crippen LogP contribution in [0, 0.1) is 17.8 Å². The Morgan fingerprint density at radius 1 is 1.14 bits per heavy atom. The average molecular weight is 631 g/mol. The fraction of sp³-hybridized carbons (Fsp3) is 0.606. The molecule has 0 radical (unpaired) electrons. The van der Waals surface area contributed by atoms with Crippen molar-refractivity contribution in [2.45, 2.75) is 74.6 Å². The molecule has 6 atom stereocenters. The number of benzene rings is 2. The van der Waals surface area contributed by atoms with Gasteiger partial charge in [0.05, 0.1) is 36.3 Å². The fourth-order valence-electron chi connectivity index (χ4n) is 8.39. The summed E-state index contributed by atoms with van der Waals surface area (Å²) >= 11 is 6.41. The second kappa shape index (κ2) is 12.2. The van der Waals surface area contributed by atoms with Crippen molar-refractivity contribution >= 4 is 33.3 Å². The lowest BCUT2D eigenvalue weighted by molar-refractivity contribution is -0.0588. The lowest BCUT2D eigenvalue weighted by atomic mass is 9.65. The molecule has 0 saturated heterocycles. The normalized spacial score (nSPS) is 29.4. The topological polar surface area (TPSA) is 108 Å². The molecule has 0 bridgehead atoms. The number of methoxy groups -OCH3 is 2. The van der Waals surface area contributed by atoms with Gasteiger partial charge >= 0.3 is 5.97 Å². The van der Waals surface area contributed by atoms with E-state index >= 15 is 0 Å². The van der Waals surface area contributed by atoms with E-state index in [0.29, 0.717) is 36.8 Å². The molecule has 0 aromatic heterocycles. The molecule has 3 aliphatic carbocycles. The predicted molar refractivity (Wildman–Crippen MR) is 167 cm³/mol. The summed E-state index contributed by atoms with van der Waals surface area (Å²) in [6.45, 7) is 2.10. The molecule has 0 amide bonds. The average Bonchev–Trinajstić information content (AvgIpc) is 3.14. The van der Waals surface area contributed by atoms with Crippen LogP contribution in [0.15, 0.2) is 36.4 Å². The molecule has 43 heavy (non-hydrogen) atoms. The molecule has 2 saturated carbocycles. The molecule has 6 rings (SSSR count). The molecule has 0 unspecified atom stereocenters. The van der Waals surface area contributed by atoms with Crippen LogP contribution >= 0.6 is 11.6 Å². The van der Waals surface area contributed by atoms with E-state index in [2.05, 4.69) is 17.0 Å². The van der Waals surface area contributed by atoms with E-state index in [0.717, 1.165) is 74.5 Å². The summed E-state index contributed by atoms with van der Waals surface area (Å²) in [4.78, 5) is 15.0. The number of esters is 1. The molecule has 234 valence electrons. The Balaban J connectivity index is 1.31. The van der Waals surface area contributed by atoms with Crippen LogP contribution in [0.25, 0.3) is 0 Å². The Bertz CT molecular complexity index is 1470. The van der Waals surface area contributed by atoms with Crippen LogP contribution in [0.3, 0.4) is 0 Å². The van der Waals surface area contributed by atoms with Gasteiger partial charge < -0.3 is 19.1 Å². The van der Waals surface area contributed by atoms with E-state index in [1.54, 1.807) is 13.2 Å². The highest BCUT2D eigenvalue weighted by Crippen LogP contribution is 2.48. The minimum atomic E-state index is -3.57. The summed E-state index contributed by atoms with van der Waals surface area (Å²) in [5.74, 6) is 1.24. The second-order valence-electron chi connectivity index (χ2n) is 13.1. The van der Waals surface area contributed by atoms with Gasteiger partial charge in [-0.1, -0.05) is 24.1 Å². The summed E-state index contributed by atoms with van der Waals surface area (Å²) in [5, 5.41) is 5.84. The van der Waals surface area contributed by atoms with Crippen molar-refractivity contribution in [1.82, 2.24) is 0 Å². The van der Waals surface area contributed by atoms with Gasteiger partial charge in [-0.3, -0.25) is 0 Å². The fourth-order valence-corrected chi connectivity index (χ4v) is 9.60. The van der Waals surface area contributed by atoms with Gasteiger partial charge in [-0.2, -0.15) is 0 Å². The summed E-state index contributed by atoms with van der Waals surface area (Å²) in [6.07, 6.45) is 8.15. The maximum absolute atomic E-state index is 12.6. The van der Waals surface area contributed by atoms with Crippen LogP contribution < -0.4 is 14.8 Å². The molecular formula is C33H43ClN2O6S. The highest BCUT2D eigenvalue weighted by molar-refractivity contribution is 7.89. The Hall–Kier alpha value is -2.33. The number of sulfonamides is 1. The lowest BCUT2D eigenvalue weighted by Crippen LogP contribution is -2.51. The maximum Gasteiger partial charge on any atom is 0.337 e. The molecule has 1 heterocycles. The first kappa shape index (κ1) is 30.7. The molecule has 10 heteroatoms. The zero-order valence-electron chi connectivity index (χ0n) is 25.1. The van der Waals surface area contributed by atoms with Crippen LogP contribution in [0.2, 0.25) is 5.02 Å². The Labute approximate surface area is 260 Å². The molecule has 2 aromatic carbocycles. The predicted octanol–water partition coefficient (Wildman–Crippen LogP) is 5.49. The number of rotatable bonds is 7. The number of nitrogens with two attached hydrogens (primary N) is 1. The third-order valence-corrected chi connectivity index (χ3v) is 12.3. The monoisotopic (exact) mass is 630 g/mol. The van der Waals surface area contributed by atoms with Crippen molar-refractivity contribution in [2.75, 3.05) is 38.8 Å². The summed E-state index contributed by atoms with van der Waals surface area (Å²) < 4.78 is 42.2. The quantitative estimate of drug-likeness (QED) is 0.403. The number of ether oxygens (including phenoxy) is 3. The van der Waals surface area contributed by atoms with Gasteiger partial charge in [0.2, 0.25) is 10.0 Å². The van der Waals surface area contributed by atoms with Gasteiger partial charge in [0, 0.05) is 30.6 Å². The number of fused-ring (bicyclic) bond motifs is 3. The first-order valence-electron chi connectivity index (χ1n) is 15.6. The van der Waals surface area contributed by atoms with Crippen LogP contribution in [-0.2, 0) is 31.3 Å². The second-order valence-corrected chi connectivity index (χ2v) is 15.4. The number of hydrogen-bond donors (Lipinski definition) is 1. The third-order valence-electron chi connectivity index (χ3n) is 10.7. The minimum absolute atomic E-state index is 0.0149. The number of carbonyl (C=O) groups is 1. The molecule has 2 aromatic rings. The number of aryl methyl sites for hydroxylation is 1. The van der Waals surface area contributed by atoms with Gasteiger partial charge in [0.25, 0.3) is 0 Å². The van der Waals surface area contributed by atoms with E-state index in [1.165, 1.54) is 18.2 Å². The Kier molecular flexibility index (Phi) is 8.72. The summed E-state index contributed by atoms with van der Waals surface area (Å²) in [7, 11) is -0.408. The van der Waals surface area contributed by atoms with Gasteiger partial charge in [-0.25, -0.2) is 18.4 Å². The first-order valence-corrected chi connectivity index (χ1v) is 17.5. The molecule has 1 aliphatic heterocycles. The van der Waals surface area contributed by atoms with Crippen LogP contribution in [0.1, 0.15) is 72.9 Å². The van der Waals surface area contributed by atoms with Gasteiger partial charge in [-0.15, -0.1) is 0 Å². The Morgan fingerprint density at radius 2 is 1.98 bits per heavy atom. The lowest BCUT2D eigenvalue weighted by Gasteiger charge is -2.48. The summed E-state index contributed by atoms with van der Waals surface area (Å²) in [5.41, 5.74) is 3.77. The Morgan fingerprint density at radius 3 is 2.70 bits per heavy atom. The first-order chi connectivity index (χ1) is 20.6. The molecule has 4 aliphatic rings. The molecule has 2 fully saturated rings. The molecule has 2 N–H and O–H groups in total. The standard InChI is InChI=1S/C33H43ClN2O6S/c1-40-31(22-5-3-7-26(16-22)43(35,38)39)27-11-8-24(27)18-36-19-33(14-4-6-21-15-25(34)10-12-28(21)33)20-42-30-13-9-23(17-29(30)36)32(37)41-2/h9-10,12-13,15,17,22,24,26-27,31H,3-8,11,14,16,18-20H2,1-2H3,(H2,35,38,39)/t22-,24-,26-,27+,31-,33-/m0/s1. The van der Waals surface area contributed by atoms with Crippen molar-refractivity contribution < 1.29 is 27.4 Å². The number of halogens is 1. The van der Waals surface area contributed by atoms with E-state index in [9.17, 15) is 13.2 Å². The van der Waals surface area contributed by atoms with E-state index in [-0.39, 0.29) is 23.4 Å². The van der Waals surface area contributed by atoms with E-state index in [4.69, 9.17) is 31.0 Å². The van der Waals surface area contributed by atoms with E-state index in [1.807, 2.05) is 18.2 Å². The number of nitrogens with zero attached hydrogens (tertiary/aromatic N) is 1. The highest BCUT2D eigenvalue weighted by atomic mass is 35.5. The maximum atomic E-state index is 12.6. The molecule has 8 nitrogen and oxygen atoms in total. The van der Waals surface area contributed by atoms with Crippen molar-refractivity contribution in [2.24, 2.45) is 22.9 Å². The highest BCUT2D eigenvalue weighted by Gasteiger charge is 2.46. The number of hydrogen-bond acceptors (Lipinski definition) is 7. The van der Waals surface area contributed by atoms with Crippen molar-refractivity contribution in [1.29, 1.82) is 0 Å².